The van der Waals surface area contributed by atoms with Crippen molar-refractivity contribution in [3.63, 3.8) is 0 Å². The predicted octanol–water partition coefficient (Wildman–Crippen LogP) is 3.03. The van der Waals surface area contributed by atoms with E-state index in [9.17, 15) is 54.6 Å². The molecule has 2 aliphatic rings. The average Bonchev–Trinajstić information content (AvgIpc) is 2.80. The molecule has 1 aromatic heterocycles. The van der Waals surface area contributed by atoms with Crippen LogP contribution in [0.15, 0.2) is 12.2 Å². The summed E-state index contributed by atoms with van der Waals surface area (Å²) in [6, 6.07) is -1.47. The number of carbonyl (C=O) groups is 3. The number of aliphatic hydroxyl groups is 1. The third-order valence-electron chi connectivity index (χ3n) is 5.87. The summed E-state index contributed by atoms with van der Waals surface area (Å²) in [5, 5.41) is 12.2. The van der Waals surface area contributed by atoms with Crippen molar-refractivity contribution in [2.75, 3.05) is 13.1 Å². The van der Waals surface area contributed by atoms with Crippen LogP contribution in [0.1, 0.15) is 50.0 Å². The lowest BCUT2D eigenvalue weighted by Crippen LogP contribution is -2.57. The van der Waals surface area contributed by atoms with Gasteiger partial charge in [0.25, 0.3) is 0 Å². The van der Waals surface area contributed by atoms with Crippen molar-refractivity contribution in [2.45, 2.75) is 76.3 Å². The van der Waals surface area contributed by atoms with Gasteiger partial charge < -0.3 is 25.0 Å². The lowest BCUT2D eigenvalue weighted by Gasteiger charge is -2.37. The fraction of sp³-hybridized carbons (Fsp3) is 0.609. The van der Waals surface area contributed by atoms with Crippen molar-refractivity contribution in [1.29, 1.82) is 0 Å². The summed E-state index contributed by atoms with van der Waals surface area (Å²) in [6.07, 6.45) is -15.0. The molecule has 1 aromatic rings. The van der Waals surface area contributed by atoms with Gasteiger partial charge in [-0.2, -0.15) is 35.1 Å². The quantitative estimate of drug-likeness (QED) is 0.496. The highest BCUT2D eigenvalue weighted by Gasteiger charge is 2.46. The number of nitrogens with zero attached hydrogens (tertiary/aromatic N) is 4. The first kappa shape index (κ1) is 32.0. The van der Waals surface area contributed by atoms with Gasteiger partial charge in [-0.25, -0.2) is 14.8 Å². The standard InChI is InChI=1S/C23H25F8N5O5/c1-20(2,3)41-19(40)32-11(9-36-14(37)4-6-21(24,25)18(36)39)8-15(38)35-7-5-12-13(10-35)33-17(23(29,30)31)34-16(12)22(26,27)28/h4,6,11,18,39H,5,7-10H2,1-3H3,(H,32,40)/t11-,18?/m0/s1. The molecule has 1 unspecified atom stereocenters. The number of amides is 3. The second-order valence-electron chi connectivity index (χ2n) is 10.3. The Morgan fingerprint density at radius 3 is 2.34 bits per heavy atom. The van der Waals surface area contributed by atoms with Crippen LogP contribution in [-0.4, -0.2) is 79.7 Å². The number of nitrogens with one attached hydrogen (secondary N) is 1. The van der Waals surface area contributed by atoms with E-state index in [1.54, 1.807) is 0 Å². The van der Waals surface area contributed by atoms with E-state index < -0.39 is 109 Å². The Kier molecular flexibility index (Phi) is 8.58. The highest BCUT2D eigenvalue weighted by Crippen LogP contribution is 2.37. The van der Waals surface area contributed by atoms with Crippen LogP contribution < -0.4 is 5.32 Å². The van der Waals surface area contributed by atoms with Crippen LogP contribution in [0.2, 0.25) is 0 Å². The largest absolute Gasteiger partial charge is 0.451 e. The number of hydrogen-bond acceptors (Lipinski definition) is 7. The molecule has 228 valence electrons. The maximum atomic E-state index is 14.0. The van der Waals surface area contributed by atoms with Crippen molar-refractivity contribution in [3.8, 4) is 0 Å². The van der Waals surface area contributed by atoms with E-state index in [4.69, 9.17) is 4.74 Å². The van der Waals surface area contributed by atoms with Gasteiger partial charge in [-0.05, 0) is 33.3 Å². The Balaban J connectivity index is 1.87. The van der Waals surface area contributed by atoms with E-state index in [2.05, 4.69) is 15.3 Å². The van der Waals surface area contributed by atoms with Crippen molar-refractivity contribution >= 4 is 17.9 Å². The minimum Gasteiger partial charge on any atom is -0.444 e. The molecule has 18 heteroatoms. The first-order chi connectivity index (χ1) is 18.6. The van der Waals surface area contributed by atoms with Gasteiger partial charge in [0, 0.05) is 31.1 Å². The SMILES string of the molecule is CC(C)(C)OC(=O)N[C@@H](CC(=O)N1CCc2c(nc(C(F)(F)F)nc2C(F)(F)F)C1)CN1C(=O)C=CC(F)(F)C1O. The maximum Gasteiger partial charge on any atom is 0.451 e. The van der Waals surface area contributed by atoms with Crippen LogP contribution in [0.3, 0.4) is 0 Å². The van der Waals surface area contributed by atoms with Gasteiger partial charge in [0.15, 0.2) is 11.9 Å². The molecule has 0 aliphatic carbocycles. The molecule has 0 saturated carbocycles. The van der Waals surface area contributed by atoms with E-state index in [1.165, 1.54) is 20.8 Å². The summed E-state index contributed by atoms with van der Waals surface area (Å²) in [6.45, 7) is 2.46. The second kappa shape index (κ2) is 11.0. The molecule has 41 heavy (non-hydrogen) atoms. The lowest BCUT2D eigenvalue weighted by molar-refractivity contribution is -0.173. The van der Waals surface area contributed by atoms with E-state index in [0.717, 1.165) is 4.90 Å². The first-order valence-corrected chi connectivity index (χ1v) is 12.0. The molecule has 2 atom stereocenters. The monoisotopic (exact) mass is 603 g/mol. The second-order valence-corrected chi connectivity index (χ2v) is 10.3. The molecule has 3 heterocycles. The first-order valence-electron chi connectivity index (χ1n) is 12.0. The van der Waals surface area contributed by atoms with E-state index in [1.807, 2.05) is 0 Å². The van der Waals surface area contributed by atoms with Gasteiger partial charge >= 0.3 is 24.4 Å². The van der Waals surface area contributed by atoms with Crippen LogP contribution >= 0.6 is 0 Å². The molecule has 2 N–H and O–H groups in total. The van der Waals surface area contributed by atoms with Crippen LogP contribution in [0.5, 0.6) is 0 Å². The number of aromatic nitrogens is 2. The Morgan fingerprint density at radius 1 is 1.15 bits per heavy atom. The summed E-state index contributed by atoms with van der Waals surface area (Å²) in [5.41, 5.74) is -4.13. The summed E-state index contributed by atoms with van der Waals surface area (Å²) < 4.78 is 113. The van der Waals surface area contributed by atoms with Crippen LogP contribution in [0.4, 0.5) is 39.9 Å². The van der Waals surface area contributed by atoms with Crippen molar-refractivity contribution < 1.29 is 59.4 Å². The number of hydrogen-bond donors (Lipinski definition) is 2. The Morgan fingerprint density at radius 2 is 1.78 bits per heavy atom. The highest BCUT2D eigenvalue weighted by atomic mass is 19.4. The summed E-state index contributed by atoms with van der Waals surface area (Å²) >= 11 is 0. The zero-order valence-corrected chi connectivity index (χ0v) is 21.7. The number of rotatable bonds is 5. The normalized spacial score (nSPS) is 20.0. The molecule has 3 amide bonds. The van der Waals surface area contributed by atoms with Gasteiger partial charge in [0.2, 0.25) is 17.6 Å². The van der Waals surface area contributed by atoms with E-state index >= 15 is 0 Å². The molecule has 0 bridgehead atoms. The van der Waals surface area contributed by atoms with Gasteiger partial charge in [0.1, 0.15) is 5.60 Å². The van der Waals surface area contributed by atoms with Crippen LogP contribution in [-0.2, 0) is 39.6 Å². The number of halogens is 8. The van der Waals surface area contributed by atoms with Gasteiger partial charge in [-0.3, -0.25) is 9.59 Å². The summed E-state index contributed by atoms with van der Waals surface area (Å²) in [7, 11) is 0. The molecule has 2 aliphatic heterocycles. The molecule has 10 nitrogen and oxygen atoms in total. The summed E-state index contributed by atoms with van der Waals surface area (Å²) in [5.74, 6) is -7.92. The van der Waals surface area contributed by atoms with Crippen molar-refractivity contribution in [3.05, 3.63) is 34.9 Å². The van der Waals surface area contributed by atoms with E-state index in [0.29, 0.717) is 11.0 Å². The third-order valence-corrected chi connectivity index (χ3v) is 5.87. The molecule has 0 radical (unpaired) electrons. The Hall–Kier alpha value is -3.57. The molecule has 0 spiro atoms. The van der Waals surface area contributed by atoms with Gasteiger partial charge in [-0.15, -0.1) is 0 Å². The number of carbonyl (C=O) groups excluding carboxylic acids is 3. The van der Waals surface area contributed by atoms with Crippen molar-refractivity contribution in [2.24, 2.45) is 0 Å². The maximum absolute atomic E-state index is 14.0. The molecular weight excluding hydrogens is 578 g/mol. The topological polar surface area (TPSA) is 125 Å². The molecule has 0 fully saturated rings. The number of aliphatic hydroxyl groups excluding tert-OH is 1. The van der Waals surface area contributed by atoms with Gasteiger partial charge in [-0.1, -0.05) is 0 Å². The smallest absolute Gasteiger partial charge is 0.444 e. The number of alkyl carbamates (subject to hydrolysis) is 1. The fourth-order valence-corrected chi connectivity index (χ4v) is 4.10. The average molecular weight is 603 g/mol. The Labute approximate surface area is 227 Å². The zero-order chi connectivity index (χ0) is 31.1. The van der Waals surface area contributed by atoms with Crippen molar-refractivity contribution in [1.82, 2.24) is 25.1 Å². The Bertz CT molecular complexity index is 1230. The minimum atomic E-state index is -5.32. The fourth-order valence-electron chi connectivity index (χ4n) is 4.10. The minimum absolute atomic E-state index is 0.176. The third kappa shape index (κ3) is 7.80. The number of fused-ring (bicyclic) bond motifs is 1. The predicted molar refractivity (Wildman–Crippen MR) is 121 cm³/mol. The lowest BCUT2D eigenvalue weighted by atomic mass is 10.0. The molecule has 3 rings (SSSR count). The summed E-state index contributed by atoms with van der Waals surface area (Å²) in [4.78, 5) is 44.7. The van der Waals surface area contributed by atoms with Gasteiger partial charge in [0.05, 0.1) is 18.3 Å². The highest BCUT2D eigenvalue weighted by molar-refractivity contribution is 5.89. The molecule has 0 aromatic carbocycles. The molecule has 0 saturated heterocycles. The number of ether oxygens (including phenoxy) is 1. The molecular formula is C23H25F8N5O5. The van der Waals surface area contributed by atoms with Crippen LogP contribution in [0, 0.1) is 0 Å². The van der Waals surface area contributed by atoms with Crippen LogP contribution in [0.25, 0.3) is 0 Å². The zero-order valence-electron chi connectivity index (χ0n) is 21.7. The number of alkyl halides is 8. The van der Waals surface area contributed by atoms with E-state index in [-0.39, 0.29) is 6.08 Å².